The summed E-state index contributed by atoms with van der Waals surface area (Å²) in [6.45, 7) is 8.50. The van der Waals surface area contributed by atoms with Gasteiger partial charge in [-0.3, -0.25) is 0 Å². The van der Waals surface area contributed by atoms with Gasteiger partial charge in [-0.2, -0.15) is 5.26 Å². The summed E-state index contributed by atoms with van der Waals surface area (Å²) >= 11 is 0. The zero-order valence-electron chi connectivity index (χ0n) is 28.8. The van der Waals surface area contributed by atoms with Crippen molar-refractivity contribution in [1.82, 2.24) is 19.1 Å². The van der Waals surface area contributed by atoms with Gasteiger partial charge in [0.25, 0.3) is 0 Å². The van der Waals surface area contributed by atoms with Crippen molar-refractivity contribution in [3.05, 3.63) is 187 Å². The van der Waals surface area contributed by atoms with Gasteiger partial charge in [-0.25, -0.2) is 14.8 Å². The number of hydrogen-bond donors (Lipinski definition) is 0. The SMILES string of the molecule is [C-]#[N+]c1cc(-c2nc(-c3ccccc3)c(-c3ccccc3)nc2C#N)ccc1-n1c2ccccc2c2ccc3c(c4ccccc4n3-c3ccccc3)c21. The van der Waals surface area contributed by atoms with Gasteiger partial charge in [-0.1, -0.05) is 127 Å². The Morgan fingerprint density at radius 3 is 1.76 bits per heavy atom. The molecular formula is C48H28N6. The molecule has 0 saturated carbocycles. The molecule has 0 fully saturated rings. The van der Waals surface area contributed by atoms with Crippen LogP contribution in [0.4, 0.5) is 5.69 Å². The summed E-state index contributed by atoms with van der Waals surface area (Å²) in [5, 5.41) is 14.9. The van der Waals surface area contributed by atoms with Crippen molar-refractivity contribution < 1.29 is 0 Å². The second kappa shape index (κ2) is 12.5. The van der Waals surface area contributed by atoms with E-state index in [2.05, 4.69) is 98.9 Å². The average Bonchev–Trinajstić information content (AvgIpc) is 3.77. The van der Waals surface area contributed by atoms with E-state index in [0.717, 1.165) is 66.1 Å². The summed E-state index contributed by atoms with van der Waals surface area (Å²) in [7, 11) is 0. The van der Waals surface area contributed by atoms with Crippen LogP contribution in [0.5, 0.6) is 0 Å². The molecule has 10 rings (SSSR count). The lowest BCUT2D eigenvalue weighted by Crippen LogP contribution is -2.01. The minimum Gasteiger partial charge on any atom is -0.318 e. The number of nitriles is 1. The Kier molecular flexibility index (Phi) is 7.15. The quantitative estimate of drug-likeness (QED) is 0.169. The summed E-state index contributed by atoms with van der Waals surface area (Å²) in [6, 6.07) is 59.5. The maximum absolute atomic E-state index is 10.4. The topological polar surface area (TPSA) is 63.8 Å². The van der Waals surface area contributed by atoms with Crippen molar-refractivity contribution in [3.63, 3.8) is 0 Å². The molecule has 0 radical (unpaired) electrons. The van der Waals surface area contributed by atoms with Gasteiger partial charge in [0, 0.05) is 38.4 Å². The normalized spacial score (nSPS) is 11.3. The van der Waals surface area contributed by atoms with Crippen molar-refractivity contribution >= 4 is 49.3 Å². The first kappa shape index (κ1) is 31.0. The van der Waals surface area contributed by atoms with E-state index in [4.69, 9.17) is 16.5 Å². The molecule has 0 N–H and O–H groups in total. The second-order valence-corrected chi connectivity index (χ2v) is 13.2. The second-order valence-electron chi connectivity index (χ2n) is 13.2. The Hall–Kier alpha value is -7.80. The molecule has 0 aliphatic carbocycles. The molecule has 0 spiro atoms. The minimum absolute atomic E-state index is 0.199. The Morgan fingerprint density at radius 1 is 0.500 bits per heavy atom. The summed E-state index contributed by atoms with van der Waals surface area (Å²) in [4.78, 5) is 14.2. The first-order valence-corrected chi connectivity index (χ1v) is 17.7. The van der Waals surface area contributed by atoms with Gasteiger partial charge in [-0.05, 0) is 48.0 Å². The van der Waals surface area contributed by atoms with E-state index in [1.54, 1.807) is 0 Å². The largest absolute Gasteiger partial charge is 0.318 e. The molecular weight excluding hydrogens is 661 g/mol. The summed E-state index contributed by atoms with van der Waals surface area (Å²) in [5.74, 6) is 0. The molecule has 54 heavy (non-hydrogen) atoms. The molecule has 10 aromatic rings. The van der Waals surface area contributed by atoms with Gasteiger partial charge in [-0.15, -0.1) is 0 Å². The van der Waals surface area contributed by atoms with Crippen molar-refractivity contribution in [2.45, 2.75) is 0 Å². The van der Waals surface area contributed by atoms with Crippen LogP contribution in [0.2, 0.25) is 0 Å². The van der Waals surface area contributed by atoms with Gasteiger partial charge in [0.15, 0.2) is 5.69 Å². The van der Waals surface area contributed by atoms with Crippen molar-refractivity contribution in [2.24, 2.45) is 0 Å². The van der Waals surface area contributed by atoms with E-state index in [1.807, 2.05) is 91.0 Å². The van der Waals surface area contributed by atoms with E-state index < -0.39 is 0 Å². The molecule has 7 aromatic carbocycles. The van der Waals surface area contributed by atoms with Gasteiger partial charge < -0.3 is 9.13 Å². The van der Waals surface area contributed by atoms with Crippen molar-refractivity contribution in [2.75, 3.05) is 0 Å². The number of para-hydroxylation sites is 3. The van der Waals surface area contributed by atoms with E-state index in [0.29, 0.717) is 28.3 Å². The molecule has 0 aliphatic heterocycles. The first-order chi connectivity index (χ1) is 26.7. The highest BCUT2D eigenvalue weighted by molar-refractivity contribution is 6.26. The number of fused-ring (bicyclic) bond motifs is 7. The third-order valence-corrected chi connectivity index (χ3v) is 10.2. The highest BCUT2D eigenvalue weighted by Gasteiger charge is 2.23. The van der Waals surface area contributed by atoms with Gasteiger partial charge in [0.1, 0.15) is 11.8 Å². The number of benzene rings is 7. The van der Waals surface area contributed by atoms with Crippen LogP contribution in [0.25, 0.3) is 93.6 Å². The van der Waals surface area contributed by atoms with E-state index in [-0.39, 0.29) is 5.69 Å². The lowest BCUT2D eigenvalue weighted by Gasteiger charge is -2.15. The van der Waals surface area contributed by atoms with Crippen LogP contribution in [0.3, 0.4) is 0 Å². The van der Waals surface area contributed by atoms with Crippen LogP contribution < -0.4 is 0 Å². The zero-order chi connectivity index (χ0) is 36.2. The molecule has 3 heterocycles. The highest BCUT2D eigenvalue weighted by Crippen LogP contribution is 2.44. The number of hydrogen-bond acceptors (Lipinski definition) is 3. The zero-order valence-corrected chi connectivity index (χ0v) is 28.8. The predicted octanol–water partition coefficient (Wildman–Crippen LogP) is 12.1. The summed E-state index contributed by atoms with van der Waals surface area (Å²) in [6.07, 6.45) is 0. The fourth-order valence-corrected chi connectivity index (χ4v) is 7.87. The average molecular weight is 689 g/mol. The Balaban J connectivity index is 1.24. The predicted molar refractivity (Wildman–Crippen MR) is 218 cm³/mol. The lowest BCUT2D eigenvalue weighted by molar-refractivity contribution is 1.17. The highest BCUT2D eigenvalue weighted by atomic mass is 15.0. The lowest BCUT2D eigenvalue weighted by atomic mass is 10.0. The van der Waals surface area contributed by atoms with Crippen LogP contribution >= 0.6 is 0 Å². The molecule has 0 bridgehead atoms. The van der Waals surface area contributed by atoms with Crippen LogP contribution in [-0.4, -0.2) is 19.1 Å². The van der Waals surface area contributed by atoms with Gasteiger partial charge >= 0.3 is 0 Å². The third kappa shape index (κ3) is 4.72. The fraction of sp³-hybridized carbons (Fsp3) is 0. The molecule has 0 amide bonds. The van der Waals surface area contributed by atoms with Crippen LogP contribution in [0.1, 0.15) is 5.69 Å². The monoisotopic (exact) mass is 688 g/mol. The molecule has 0 aliphatic rings. The van der Waals surface area contributed by atoms with Crippen molar-refractivity contribution in [3.8, 4) is 51.2 Å². The minimum atomic E-state index is 0.199. The molecule has 3 aromatic heterocycles. The van der Waals surface area contributed by atoms with Crippen LogP contribution in [0, 0.1) is 17.9 Å². The standard InChI is InChI=1S/C48H28N6/c1-50-38-29-33(45-39(30-49)51-46(31-15-5-2-6-16-31)47(52-45)32-17-7-3-8-18-32)25-27-42(38)54-40-23-13-11-21-35(40)36-26-28-43-44(48(36)54)37-22-12-14-24-41(37)53(43)34-19-9-4-10-20-34/h2-29H. The maximum atomic E-state index is 10.4. The van der Waals surface area contributed by atoms with Gasteiger partial charge in [0.05, 0.1) is 45.7 Å². The molecule has 6 heteroatoms. The molecule has 0 saturated heterocycles. The molecule has 0 atom stereocenters. The number of nitrogens with zero attached hydrogens (tertiary/aromatic N) is 6. The maximum Gasteiger partial charge on any atom is 0.211 e. The first-order valence-electron chi connectivity index (χ1n) is 17.7. The van der Waals surface area contributed by atoms with Gasteiger partial charge in [0.2, 0.25) is 5.69 Å². The fourth-order valence-electron chi connectivity index (χ4n) is 7.87. The Labute approximate surface area is 310 Å². The summed E-state index contributed by atoms with van der Waals surface area (Å²) < 4.78 is 4.55. The van der Waals surface area contributed by atoms with E-state index >= 15 is 0 Å². The summed E-state index contributed by atoms with van der Waals surface area (Å²) in [5.41, 5.74) is 10.9. The molecule has 0 unspecified atom stereocenters. The number of aromatic nitrogens is 4. The molecule has 6 nitrogen and oxygen atoms in total. The van der Waals surface area contributed by atoms with Crippen molar-refractivity contribution in [1.29, 1.82) is 5.26 Å². The third-order valence-electron chi connectivity index (χ3n) is 10.2. The van der Waals surface area contributed by atoms with E-state index in [1.165, 1.54) is 0 Å². The molecule has 250 valence electrons. The Morgan fingerprint density at radius 2 is 1.09 bits per heavy atom. The van der Waals surface area contributed by atoms with Crippen LogP contribution in [-0.2, 0) is 0 Å². The number of rotatable bonds is 5. The smallest absolute Gasteiger partial charge is 0.211 e. The van der Waals surface area contributed by atoms with Crippen LogP contribution in [0.15, 0.2) is 170 Å². The Bertz CT molecular complexity index is 3160. The van der Waals surface area contributed by atoms with E-state index in [9.17, 15) is 5.26 Å².